The van der Waals surface area contributed by atoms with E-state index < -0.39 is 0 Å². The zero-order chi connectivity index (χ0) is 0. The molecule has 0 aromatic rings. The zero-order valence-electron chi connectivity index (χ0n) is 13.1. The number of rotatable bonds is 0. The van der Waals surface area contributed by atoms with Crippen molar-refractivity contribution in [3.63, 3.8) is 0 Å². The SMILES string of the molecule is [CH3-].[Y].[Y].[Y].[Y].[Y].[Y].[Y].[Y].[Y].[Y].[Y].[Y].[Y].[Y].[Y].[Y].[Y].[Y].[Y].[Y].[Y]. The van der Waals surface area contributed by atoms with E-state index in [0.717, 1.165) is 0 Å². The van der Waals surface area contributed by atoms with Crippen LogP contribution in [-0.2, 0) is 687 Å². The second-order valence-corrected chi connectivity index (χ2v) is 0. The predicted octanol–water partition coefficient (Wildman–Crippen LogP) is 0.398. The van der Waals surface area contributed by atoms with E-state index in [-0.39, 0.29) is 694 Å². The molecule has 22 heavy (non-hydrogen) atoms. The van der Waals surface area contributed by atoms with Gasteiger partial charge in [0.05, 0.1) is 0 Å². The molecule has 0 aliphatic heterocycles. The third-order valence-electron chi connectivity index (χ3n) is 0. The Balaban J connectivity index is 0. The van der Waals surface area contributed by atoms with Gasteiger partial charge < -0.3 is 7.43 Å². The van der Waals surface area contributed by atoms with Crippen molar-refractivity contribution in [3.05, 3.63) is 7.43 Å². The minimum absolute atomic E-state index is 0. The van der Waals surface area contributed by atoms with Crippen LogP contribution in [0.1, 0.15) is 0 Å². The van der Waals surface area contributed by atoms with Gasteiger partial charge >= 0.3 is 0 Å². The summed E-state index contributed by atoms with van der Waals surface area (Å²) in [6, 6.07) is 0. The molecule has 0 N–H and O–H groups in total. The molecule has 0 amide bonds. The number of hydrogen-bond acceptors (Lipinski definition) is 0. The van der Waals surface area contributed by atoms with Crippen LogP contribution in [0.5, 0.6) is 0 Å². The smallest absolute Gasteiger partial charge is 0 e. The van der Waals surface area contributed by atoms with E-state index in [1.807, 2.05) is 0 Å². The Hall–Kier alpha value is 23.2. The average molecular weight is 1880 g/mol. The summed E-state index contributed by atoms with van der Waals surface area (Å²) in [5.41, 5.74) is 0. The van der Waals surface area contributed by atoms with Crippen LogP contribution in [-0.4, -0.2) is 0 Å². The maximum absolute atomic E-state index is 0. The minimum atomic E-state index is 0. The fourth-order valence-corrected chi connectivity index (χ4v) is 0. The second kappa shape index (κ2) is 153. The molecule has 0 rings (SSSR count). The first-order chi connectivity index (χ1) is 0. The van der Waals surface area contributed by atoms with Gasteiger partial charge in [0.1, 0.15) is 0 Å². The van der Waals surface area contributed by atoms with Gasteiger partial charge in [-0.2, -0.15) is 0 Å². The van der Waals surface area contributed by atoms with Crippen molar-refractivity contribution in [1.82, 2.24) is 0 Å². The fraction of sp³-hybridized carbons (Fsp3) is 0. The summed E-state index contributed by atoms with van der Waals surface area (Å²) in [6.45, 7) is 0. The van der Waals surface area contributed by atoms with Crippen molar-refractivity contribution in [2.45, 2.75) is 0 Å². The third kappa shape index (κ3) is 143. The Morgan fingerprint density at radius 2 is 0.0909 bits per heavy atom. The Kier molecular flexibility index (Phi) is 1140. The summed E-state index contributed by atoms with van der Waals surface area (Å²) >= 11 is 0. The molecule has 0 heterocycles. The van der Waals surface area contributed by atoms with Crippen molar-refractivity contribution in [1.29, 1.82) is 0 Å². The summed E-state index contributed by atoms with van der Waals surface area (Å²) in [5, 5.41) is 0. The molecule has 0 atom stereocenters. The van der Waals surface area contributed by atoms with Gasteiger partial charge in [0.2, 0.25) is 0 Å². The van der Waals surface area contributed by atoms with Crippen LogP contribution in [0.15, 0.2) is 0 Å². The summed E-state index contributed by atoms with van der Waals surface area (Å²) < 4.78 is 0. The Morgan fingerprint density at radius 3 is 0.0909 bits per heavy atom. The summed E-state index contributed by atoms with van der Waals surface area (Å²) in [5.74, 6) is 0. The van der Waals surface area contributed by atoms with Crippen LogP contribution in [0.3, 0.4) is 0 Å². The predicted molar refractivity (Wildman–Crippen MR) is 6.41 cm³/mol. The van der Waals surface area contributed by atoms with E-state index in [9.17, 15) is 0 Å². The Bertz CT molecular complexity index is 5.87. The van der Waals surface area contributed by atoms with E-state index in [0.29, 0.717) is 0 Å². The first-order valence-electron chi connectivity index (χ1n) is 0. The molecular formula is CH3Y21-. The van der Waals surface area contributed by atoms with Gasteiger partial charge in [-0.3, -0.25) is 0 Å². The van der Waals surface area contributed by atoms with Crippen LogP contribution in [0.4, 0.5) is 0 Å². The molecule has 0 aliphatic carbocycles. The molecule has 0 unspecified atom stereocenters. The molecule has 21 heteroatoms. The molecule has 0 fully saturated rings. The van der Waals surface area contributed by atoms with E-state index in [2.05, 4.69) is 0 Å². The van der Waals surface area contributed by atoms with E-state index in [1.165, 1.54) is 0 Å². The molecule has 0 nitrogen and oxygen atoms in total. The van der Waals surface area contributed by atoms with E-state index in [4.69, 9.17) is 0 Å². The molecule has 0 aromatic carbocycles. The molecule has 0 saturated heterocycles. The largest absolute Gasteiger partial charge is 0.358 e. The first-order valence-corrected chi connectivity index (χ1v) is 0. The summed E-state index contributed by atoms with van der Waals surface area (Å²) in [4.78, 5) is 0. The monoisotopic (exact) mass is 1880 g/mol. The van der Waals surface area contributed by atoms with Crippen molar-refractivity contribution in [2.24, 2.45) is 0 Å². The van der Waals surface area contributed by atoms with E-state index in [1.54, 1.807) is 0 Å². The topological polar surface area (TPSA) is 0 Å². The Morgan fingerprint density at radius 1 is 0.0909 bits per heavy atom. The van der Waals surface area contributed by atoms with Gasteiger partial charge in [0.15, 0.2) is 0 Å². The van der Waals surface area contributed by atoms with Crippen molar-refractivity contribution in [2.75, 3.05) is 0 Å². The van der Waals surface area contributed by atoms with Crippen LogP contribution in [0.25, 0.3) is 0 Å². The van der Waals surface area contributed by atoms with E-state index >= 15 is 0 Å². The number of hydrogen-bond donors (Lipinski definition) is 0. The van der Waals surface area contributed by atoms with Crippen LogP contribution in [0.2, 0.25) is 0 Å². The van der Waals surface area contributed by atoms with Gasteiger partial charge in [-0.25, -0.2) is 0 Å². The zero-order valence-corrected chi connectivity index (χ0v) is 72.7. The van der Waals surface area contributed by atoms with Crippen LogP contribution >= 0.6 is 0 Å². The molecular weight excluding hydrogens is 1880 g/mol. The van der Waals surface area contributed by atoms with Crippen molar-refractivity contribution in [3.8, 4) is 0 Å². The van der Waals surface area contributed by atoms with Gasteiger partial charge in [-0.1, -0.05) is 0 Å². The third-order valence-corrected chi connectivity index (χ3v) is 0. The standard InChI is InChI=1S/CH3.21Y/h1H3;;;;;;;;;;;;;;;;;;;;;/q-1;;;;;;;;;;;;;;;;;;;;;. The molecule has 0 saturated carbocycles. The van der Waals surface area contributed by atoms with Crippen molar-refractivity contribution < 1.29 is 687 Å². The quantitative estimate of drug-likeness (QED) is 0.309. The first kappa shape index (κ1) is 164. The molecule has 21 radical (unpaired) electrons. The second-order valence-electron chi connectivity index (χ2n) is 0. The molecule has 0 spiro atoms. The maximum Gasteiger partial charge on any atom is 0 e. The minimum Gasteiger partial charge on any atom is -0.358 e. The van der Waals surface area contributed by atoms with Gasteiger partial charge in [-0.15, -0.1) is 0 Å². The maximum atomic E-state index is 0. The Labute approximate surface area is 668 Å². The van der Waals surface area contributed by atoms with Crippen LogP contribution < -0.4 is 0 Å². The summed E-state index contributed by atoms with van der Waals surface area (Å²) in [7, 11) is 0. The normalized spacial score (nSPS) is 0. The van der Waals surface area contributed by atoms with Crippen LogP contribution in [0, 0.1) is 7.43 Å². The van der Waals surface area contributed by atoms with Crippen molar-refractivity contribution >= 4 is 0 Å². The molecule has 0 aromatic heterocycles. The molecule has 0 bridgehead atoms. The summed E-state index contributed by atoms with van der Waals surface area (Å²) in [6.07, 6.45) is 0. The molecule has 71 valence electrons. The molecule has 0 aliphatic rings. The van der Waals surface area contributed by atoms with Gasteiger partial charge in [-0.05, 0) is 0 Å². The van der Waals surface area contributed by atoms with Gasteiger partial charge in [0, 0.05) is 687 Å². The van der Waals surface area contributed by atoms with Gasteiger partial charge in [0.25, 0.3) is 0 Å². The average Bonchev–Trinajstić information content (AvgIpc) is 0. The fourth-order valence-electron chi connectivity index (χ4n) is 0.